The molecular weight excluding hydrogens is 439 g/mol. The molecule has 0 aromatic heterocycles. The van der Waals surface area contributed by atoms with E-state index in [1.807, 2.05) is 6.07 Å². The van der Waals surface area contributed by atoms with Crippen LogP contribution in [0.25, 0.3) is 0 Å². The molecule has 168 valence electrons. The Morgan fingerprint density at radius 1 is 1.09 bits per heavy atom. The van der Waals surface area contributed by atoms with E-state index >= 15 is 0 Å². The summed E-state index contributed by atoms with van der Waals surface area (Å²) in [5.74, 6) is -0.543. The molecule has 0 aliphatic heterocycles. The first-order valence-corrected chi connectivity index (χ1v) is 9.44. The topological polar surface area (TPSA) is 105 Å². The second-order valence-corrected chi connectivity index (χ2v) is 7.14. The van der Waals surface area contributed by atoms with Gasteiger partial charge < -0.3 is 10.1 Å². The minimum absolute atomic E-state index is 0.101. The molecule has 3 aromatic carbocycles. The molecule has 10 heteroatoms. The molecule has 0 saturated carbocycles. The Morgan fingerprint density at radius 3 is 2.18 bits per heavy atom. The van der Waals surface area contributed by atoms with Gasteiger partial charge in [0.05, 0.1) is 16.6 Å². The number of alkyl halides is 3. The van der Waals surface area contributed by atoms with Crippen molar-refractivity contribution >= 4 is 23.3 Å². The molecule has 0 aliphatic carbocycles. The predicted molar refractivity (Wildman–Crippen MR) is 114 cm³/mol. The van der Waals surface area contributed by atoms with E-state index in [0.717, 1.165) is 6.07 Å². The number of benzene rings is 3. The van der Waals surface area contributed by atoms with E-state index in [0.29, 0.717) is 40.3 Å². The van der Waals surface area contributed by atoms with Crippen LogP contribution in [-0.2, 0) is 6.18 Å². The van der Waals surface area contributed by atoms with Crippen molar-refractivity contribution in [1.29, 1.82) is 5.26 Å². The van der Waals surface area contributed by atoms with Crippen molar-refractivity contribution in [2.45, 2.75) is 20.0 Å². The lowest BCUT2D eigenvalue weighted by atomic mass is 10.1. The maximum absolute atomic E-state index is 13.8. The first-order chi connectivity index (χ1) is 15.5. The standard InChI is InChI=1S/C23H16F3N3O4/c1-13-7-16(12-30)8-14(2)22(13)33-21-10-19(28-17-5-3-15(11-27)4-6-17)20(29(31)32)9-18(21)23(24,25)26/h3-10,12,28H,1-2H3. The highest BCUT2D eigenvalue weighted by molar-refractivity contribution is 5.77. The number of halogens is 3. The number of anilines is 2. The third-order valence-corrected chi connectivity index (χ3v) is 4.72. The number of rotatable bonds is 6. The third-order valence-electron chi connectivity index (χ3n) is 4.72. The molecule has 0 fully saturated rings. The molecule has 0 amide bonds. The van der Waals surface area contributed by atoms with Gasteiger partial charge in [-0.25, -0.2) is 0 Å². The first-order valence-electron chi connectivity index (χ1n) is 9.44. The van der Waals surface area contributed by atoms with Gasteiger partial charge >= 0.3 is 6.18 Å². The van der Waals surface area contributed by atoms with E-state index in [4.69, 9.17) is 10.00 Å². The maximum atomic E-state index is 13.8. The summed E-state index contributed by atoms with van der Waals surface area (Å²) in [6, 6.07) is 12.0. The molecule has 1 N–H and O–H groups in total. The largest absolute Gasteiger partial charge is 0.456 e. The minimum Gasteiger partial charge on any atom is -0.456 e. The Morgan fingerprint density at radius 2 is 1.70 bits per heavy atom. The lowest BCUT2D eigenvalue weighted by Gasteiger charge is -2.18. The first kappa shape index (κ1) is 23.3. The SMILES string of the molecule is Cc1cc(C=O)cc(C)c1Oc1cc(Nc2ccc(C#N)cc2)c([N+](=O)[O-])cc1C(F)(F)F. The molecule has 0 unspecified atom stereocenters. The number of hydrogen-bond donors (Lipinski definition) is 1. The number of nitro benzene ring substituents is 1. The van der Waals surface area contributed by atoms with Gasteiger partial charge in [0.15, 0.2) is 0 Å². The number of carbonyl (C=O) groups excluding carboxylic acids is 1. The van der Waals surface area contributed by atoms with Crippen molar-refractivity contribution < 1.29 is 27.6 Å². The van der Waals surface area contributed by atoms with E-state index in [1.54, 1.807) is 13.8 Å². The van der Waals surface area contributed by atoms with Crippen molar-refractivity contribution in [3.63, 3.8) is 0 Å². The van der Waals surface area contributed by atoms with Crippen molar-refractivity contribution in [3.05, 3.63) is 86.5 Å². The number of nitro groups is 1. The Kier molecular flexibility index (Phi) is 6.35. The van der Waals surface area contributed by atoms with Gasteiger partial charge in [0, 0.05) is 23.4 Å². The molecule has 0 saturated heterocycles. The van der Waals surface area contributed by atoms with Crippen molar-refractivity contribution in [2.24, 2.45) is 0 Å². The number of aryl methyl sites for hydroxylation is 2. The Hall–Kier alpha value is -4.39. The van der Waals surface area contributed by atoms with Gasteiger partial charge in [-0.15, -0.1) is 0 Å². The summed E-state index contributed by atoms with van der Waals surface area (Å²) in [6.07, 6.45) is -4.33. The monoisotopic (exact) mass is 455 g/mol. The number of ether oxygens (including phenoxy) is 1. The zero-order chi connectivity index (χ0) is 24.3. The van der Waals surface area contributed by atoms with Crippen molar-refractivity contribution in [1.82, 2.24) is 0 Å². The summed E-state index contributed by atoms with van der Waals surface area (Å²) in [5, 5.41) is 23.1. The summed E-state index contributed by atoms with van der Waals surface area (Å²) in [6.45, 7) is 3.15. The van der Waals surface area contributed by atoms with Gasteiger partial charge in [0.25, 0.3) is 5.69 Å². The molecule has 0 radical (unpaired) electrons. The fourth-order valence-corrected chi connectivity index (χ4v) is 3.23. The molecule has 0 spiro atoms. The molecule has 7 nitrogen and oxygen atoms in total. The van der Waals surface area contributed by atoms with Crippen LogP contribution in [0.2, 0.25) is 0 Å². The zero-order valence-electron chi connectivity index (χ0n) is 17.4. The van der Waals surface area contributed by atoms with Crippen LogP contribution in [0.4, 0.5) is 30.2 Å². The Labute approximate surface area is 186 Å². The van der Waals surface area contributed by atoms with Gasteiger partial charge in [-0.3, -0.25) is 14.9 Å². The van der Waals surface area contributed by atoms with Gasteiger partial charge in [-0.05, 0) is 61.4 Å². The molecule has 0 heterocycles. The van der Waals surface area contributed by atoms with E-state index in [2.05, 4.69) is 5.32 Å². The van der Waals surface area contributed by atoms with Crippen LogP contribution in [0.3, 0.4) is 0 Å². The smallest absolute Gasteiger partial charge is 0.420 e. The highest BCUT2D eigenvalue weighted by atomic mass is 19.4. The maximum Gasteiger partial charge on any atom is 0.420 e. The molecule has 0 atom stereocenters. The Bertz CT molecular complexity index is 1260. The minimum atomic E-state index is -4.93. The van der Waals surface area contributed by atoms with Crippen LogP contribution in [0, 0.1) is 35.3 Å². The summed E-state index contributed by atoms with van der Waals surface area (Å²) in [7, 11) is 0. The number of carbonyl (C=O) groups is 1. The van der Waals surface area contributed by atoms with Gasteiger partial charge in [-0.2, -0.15) is 18.4 Å². The number of nitriles is 1. The summed E-state index contributed by atoms with van der Waals surface area (Å²) >= 11 is 0. The number of aldehydes is 1. The average molecular weight is 455 g/mol. The van der Waals surface area contributed by atoms with Crippen molar-refractivity contribution in [2.75, 3.05) is 5.32 Å². The van der Waals surface area contributed by atoms with Crippen LogP contribution in [0.15, 0.2) is 48.5 Å². The van der Waals surface area contributed by atoms with Gasteiger partial charge in [-0.1, -0.05) is 0 Å². The normalized spacial score (nSPS) is 10.9. The highest BCUT2D eigenvalue weighted by Gasteiger charge is 2.38. The van der Waals surface area contributed by atoms with Crippen LogP contribution < -0.4 is 10.1 Å². The molecule has 33 heavy (non-hydrogen) atoms. The van der Waals surface area contributed by atoms with Gasteiger partial charge in [0.1, 0.15) is 29.0 Å². The molecule has 3 rings (SSSR count). The number of nitrogens with one attached hydrogen (secondary N) is 1. The summed E-state index contributed by atoms with van der Waals surface area (Å²) in [4.78, 5) is 21.6. The van der Waals surface area contributed by atoms with Crippen LogP contribution in [0.5, 0.6) is 11.5 Å². The fraction of sp³-hybridized carbons (Fsp3) is 0.130. The molecule has 3 aromatic rings. The second-order valence-electron chi connectivity index (χ2n) is 7.14. The Balaban J connectivity index is 2.15. The highest BCUT2D eigenvalue weighted by Crippen LogP contribution is 2.45. The fourth-order valence-electron chi connectivity index (χ4n) is 3.23. The van der Waals surface area contributed by atoms with Crippen molar-refractivity contribution in [3.8, 4) is 17.6 Å². The van der Waals surface area contributed by atoms with Crippen LogP contribution in [-0.4, -0.2) is 11.2 Å². The van der Waals surface area contributed by atoms with E-state index in [1.165, 1.54) is 36.4 Å². The third kappa shape index (κ3) is 5.10. The predicted octanol–water partition coefficient (Wildman–Crippen LogP) is 6.45. The molecular formula is C23H16F3N3O4. The van der Waals surface area contributed by atoms with E-state index in [-0.39, 0.29) is 11.4 Å². The van der Waals surface area contributed by atoms with E-state index < -0.39 is 28.1 Å². The molecule has 0 aliphatic rings. The van der Waals surface area contributed by atoms with E-state index in [9.17, 15) is 28.1 Å². The quantitative estimate of drug-likeness (QED) is 0.260. The van der Waals surface area contributed by atoms with Crippen LogP contribution >= 0.6 is 0 Å². The lowest BCUT2D eigenvalue weighted by molar-refractivity contribution is -0.384. The summed E-state index contributed by atoms with van der Waals surface area (Å²) < 4.78 is 46.9. The molecule has 0 bridgehead atoms. The zero-order valence-corrected chi connectivity index (χ0v) is 17.4. The lowest BCUT2D eigenvalue weighted by Crippen LogP contribution is -2.10. The van der Waals surface area contributed by atoms with Gasteiger partial charge in [0.2, 0.25) is 0 Å². The summed E-state index contributed by atoms with van der Waals surface area (Å²) in [5.41, 5.74) is -0.508. The number of nitrogens with zero attached hydrogens (tertiary/aromatic N) is 2. The second kappa shape index (κ2) is 9.00. The average Bonchev–Trinajstić information content (AvgIpc) is 2.75. The number of hydrogen-bond acceptors (Lipinski definition) is 6. The van der Waals surface area contributed by atoms with Crippen LogP contribution in [0.1, 0.15) is 32.6 Å².